The van der Waals surface area contributed by atoms with Crippen LogP contribution in [0.2, 0.25) is 0 Å². The number of rotatable bonds is 5. The van der Waals surface area contributed by atoms with Crippen molar-refractivity contribution >= 4 is 5.82 Å². The molecule has 2 aliphatic rings. The summed E-state index contributed by atoms with van der Waals surface area (Å²) in [5.41, 5.74) is 1.39. The van der Waals surface area contributed by atoms with Crippen molar-refractivity contribution in [3.8, 4) is 0 Å². The second-order valence-corrected chi connectivity index (χ2v) is 6.98. The van der Waals surface area contributed by atoms with E-state index in [0.29, 0.717) is 17.9 Å². The summed E-state index contributed by atoms with van der Waals surface area (Å²) in [6, 6.07) is 13.2. The molecule has 120 valence electrons. The van der Waals surface area contributed by atoms with Gasteiger partial charge in [-0.05, 0) is 30.4 Å². The number of aromatic nitrogens is 2. The lowest BCUT2D eigenvalue weighted by Gasteiger charge is -2.18. The first-order valence-corrected chi connectivity index (χ1v) is 8.63. The molecule has 1 aliphatic heterocycles. The summed E-state index contributed by atoms with van der Waals surface area (Å²) in [7, 11) is 0. The number of hydrogen-bond acceptors (Lipinski definition) is 4. The molecule has 2 atom stereocenters. The molecule has 0 radical (unpaired) electrons. The number of likely N-dealkylation sites (tertiary alicyclic amines) is 1. The Morgan fingerprint density at radius 2 is 1.96 bits per heavy atom. The van der Waals surface area contributed by atoms with Gasteiger partial charge in [0.05, 0.1) is 0 Å². The summed E-state index contributed by atoms with van der Waals surface area (Å²) in [6.45, 7) is 5.55. The van der Waals surface area contributed by atoms with E-state index in [-0.39, 0.29) is 0 Å². The summed E-state index contributed by atoms with van der Waals surface area (Å²) < 4.78 is 0. The monoisotopic (exact) mass is 308 g/mol. The predicted octanol–water partition coefficient (Wildman–Crippen LogP) is 3.29. The topological polar surface area (TPSA) is 41.0 Å². The fraction of sp³-hybridized carbons (Fsp3) is 0.474. The van der Waals surface area contributed by atoms with E-state index in [0.717, 1.165) is 31.3 Å². The molecular formula is C19H24N4. The van der Waals surface area contributed by atoms with E-state index in [4.69, 9.17) is 4.98 Å². The summed E-state index contributed by atoms with van der Waals surface area (Å²) in [4.78, 5) is 11.6. The van der Waals surface area contributed by atoms with E-state index in [9.17, 15) is 0 Å². The van der Waals surface area contributed by atoms with Crippen LogP contribution in [0.25, 0.3) is 0 Å². The summed E-state index contributed by atoms with van der Waals surface area (Å²) in [6.07, 6.45) is 4.38. The van der Waals surface area contributed by atoms with Crippen LogP contribution in [0.5, 0.6) is 0 Å². The smallest absolute Gasteiger partial charge is 0.133 e. The van der Waals surface area contributed by atoms with Crippen LogP contribution in [-0.4, -0.2) is 34.0 Å². The zero-order valence-corrected chi connectivity index (χ0v) is 13.7. The molecule has 1 aromatic carbocycles. The zero-order chi connectivity index (χ0) is 15.6. The van der Waals surface area contributed by atoms with Gasteiger partial charge in [0.15, 0.2) is 0 Å². The van der Waals surface area contributed by atoms with Crippen molar-refractivity contribution in [1.82, 2.24) is 14.9 Å². The van der Waals surface area contributed by atoms with Gasteiger partial charge in [-0.1, -0.05) is 37.3 Å². The predicted molar refractivity (Wildman–Crippen MR) is 92.3 cm³/mol. The Morgan fingerprint density at radius 3 is 2.74 bits per heavy atom. The van der Waals surface area contributed by atoms with Gasteiger partial charge in [0.1, 0.15) is 11.6 Å². The molecule has 2 aromatic rings. The summed E-state index contributed by atoms with van der Waals surface area (Å²) in [5.74, 6) is 3.23. The molecule has 0 bridgehead atoms. The molecule has 1 saturated heterocycles. The molecule has 2 unspecified atom stereocenters. The van der Waals surface area contributed by atoms with Gasteiger partial charge in [-0.3, -0.25) is 4.90 Å². The fourth-order valence-electron chi connectivity index (χ4n) is 3.41. The van der Waals surface area contributed by atoms with E-state index in [1.807, 2.05) is 12.3 Å². The standard InChI is InChI=1S/C19H24N4/c1-14-11-23(12-15-5-3-2-4-6-15)13-17(14)21-18-9-10-20-19(22-18)16-7-8-16/h2-6,9-10,14,16-17H,7-8,11-13H2,1H3,(H,20,21,22). The van der Waals surface area contributed by atoms with Gasteiger partial charge >= 0.3 is 0 Å². The minimum Gasteiger partial charge on any atom is -0.366 e. The van der Waals surface area contributed by atoms with Crippen molar-refractivity contribution in [2.24, 2.45) is 5.92 Å². The minimum absolute atomic E-state index is 0.459. The largest absolute Gasteiger partial charge is 0.366 e. The van der Waals surface area contributed by atoms with Crippen LogP contribution in [0.4, 0.5) is 5.82 Å². The van der Waals surface area contributed by atoms with E-state index in [1.165, 1.54) is 18.4 Å². The first kappa shape index (κ1) is 14.6. The third-order valence-electron chi connectivity index (χ3n) is 4.89. The number of benzene rings is 1. The maximum absolute atomic E-state index is 4.70. The molecule has 2 fully saturated rings. The lowest BCUT2D eigenvalue weighted by atomic mass is 10.1. The second kappa shape index (κ2) is 6.28. The first-order valence-electron chi connectivity index (χ1n) is 8.63. The Labute approximate surface area is 138 Å². The van der Waals surface area contributed by atoms with Crippen LogP contribution in [0.1, 0.15) is 37.1 Å². The highest BCUT2D eigenvalue weighted by Crippen LogP contribution is 2.38. The quantitative estimate of drug-likeness (QED) is 0.920. The second-order valence-electron chi connectivity index (χ2n) is 6.98. The maximum atomic E-state index is 4.70. The van der Waals surface area contributed by atoms with E-state index >= 15 is 0 Å². The molecule has 2 heterocycles. The van der Waals surface area contributed by atoms with Crippen LogP contribution in [0, 0.1) is 5.92 Å². The van der Waals surface area contributed by atoms with Crippen molar-refractivity contribution in [3.63, 3.8) is 0 Å². The normalized spacial score (nSPS) is 24.7. The highest BCUT2D eigenvalue weighted by molar-refractivity contribution is 5.36. The molecule has 4 heteroatoms. The van der Waals surface area contributed by atoms with Crippen molar-refractivity contribution in [3.05, 3.63) is 54.0 Å². The Morgan fingerprint density at radius 1 is 1.13 bits per heavy atom. The van der Waals surface area contributed by atoms with Crippen molar-refractivity contribution in [2.75, 3.05) is 18.4 Å². The van der Waals surface area contributed by atoms with Crippen LogP contribution in [-0.2, 0) is 6.54 Å². The number of nitrogens with one attached hydrogen (secondary N) is 1. The lowest BCUT2D eigenvalue weighted by Crippen LogP contribution is -2.28. The molecular weight excluding hydrogens is 284 g/mol. The zero-order valence-electron chi connectivity index (χ0n) is 13.7. The van der Waals surface area contributed by atoms with E-state index in [1.54, 1.807) is 0 Å². The molecule has 1 aliphatic carbocycles. The minimum atomic E-state index is 0.459. The van der Waals surface area contributed by atoms with Gasteiger partial charge in [0, 0.05) is 37.8 Å². The molecule has 1 aromatic heterocycles. The SMILES string of the molecule is CC1CN(Cc2ccccc2)CC1Nc1ccnc(C2CC2)n1. The number of nitrogens with zero attached hydrogens (tertiary/aromatic N) is 3. The number of anilines is 1. The Balaban J connectivity index is 1.38. The first-order chi connectivity index (χ1) is 11.3. The van der Waals surface area contributed by atoms with Crippen molar-refractivity contribution in [2.45, 2.75) is 38.3 Å². The van der Waals surface area contributed by atoms with Crippen LogP contribution >= 0.6 is 0 Å². The summed E-state index contributed by atoms with van der Waals surface area (Å²) >= 11 is 0. The average molecular weight is 308 g/mol. The Bertz CT molecular complexity index is 653. The van der Waals surface area contributed by atoms with E-state index in [2.05, 4.69) is 52.5 Å². The van der Waals surface area contributed by atoms with Gasteiger partial charge < -0.3 is 5.32 Å². The van der Waals surface area contributed by atoms with Crippen molar-refractivity contribution < 1.29 is 0 Å². The van der Waals surface area contributed by atoms with Crippen LogP contribution in [0.3, 0.4) is 0 Å². The molecule has 4 nitrogen and oxygen atoms in total. The van der Waals surface area contributed by atoms with Crippen molar-refractivity contribution in [1.29, 1.82) is 0 Å². The van der Waals surface area contributed by atoms with Gasteiger partial charge in [-0.2, -0.15) is 0 Å². The van der Waals surface area contributed by atoms with Crippen LogP contribution in [0.15, 0.2) is 42.6 Å². The molecule has 4 rings (SSSR count). The van der Waals surface area contributed by atoms with Gasteiger partial charge in [0.2, 0.25) is 0 Å². The molecule has 1 N–H and O–H groups in total. The Hall–Kier alpha value is -1.94. The maximum Gasteiger partial charge on any atom is 0.133 e. The molecule has 23 heavy (non-hydrogen) atoms. The van der Waals surface area contributed by atoms with Gasteiger partial charge in [-0.25, -0.2) is 9.97 Å². The van der Waals surface area contributed by atoms with E-state index < -0.39 is 0 Å². The lowest BCUT2D eigenvalue weighted by molar-refractivity contribution is 0.319. The third-order valence-corrected chi connectivity index (χ3v) is 4.89. The fourth-order valence-corrected chi connectivity index (χ4v) is 3.41. The molecule has 0 amide bonds. The highest BCUT2D eigenvalue weighted by atomic mass is 15.2. The highest BCUT2D eigenvalue weighted by Gasteiger charge is 2.30. The average Bonchev–Trinajstić information content (AvgIpc) is 3.35. The van der Waals surface area contributed by atoms with Gasteiger partial charge in [-0.15, -0.1) is 0 Å². The van der Waals surface area contributed by atoms with Crippen LogP contribution < -0.4 is 5.32 Å². The number of hydrogen-bond donors (Lipinski definition) is 1. The molecule has 1 saturated carbocycles. The molecule has 0 spiro atoms. The Kier molecular flexibility index (Phi) is 4.00. The summed E-state index contributed by atoms with van der Waals surface area (Å²) in [5, 5.41) is 3.64. The van der Waals surface area contributed by atoms with Gasteiger partial charge in [0.25, 0.3) is 0 Å². The third kappa shape index (κ3) is 3.53.